The van der Waals surface area contributed by atoms with Gasteiger partial charge in [-0.05, 0) is 36.5 Å². The van der Waals surface area contributed by atoms with Crippen molar-refractivity contribution in [2.24, 2.45) is 7.05 Å². The van der Waals surface area contributed by atoms with Gasteiger partial charge in [-0.3, -0.25) is 4.79 Å². The van der Waals surface area contributed by atoms with Crippen LogP contribution in [-0.2, 0) is 20.0 Å². The minimum Gasteiger partial charge on any atom is -0.374 e. The van der Waals surface area contributed by atoms with E-state index in [1.54, 1.807) is 24.0 Å². The van der Waals surface area contributed by atoms with Crippen LogP contribution in [0.1, 0.15) is 24.0 Å². The lowest BCUT2D eigenvalue weighted by molar-refractivity contribution is 0.419. The summed E-state index contributed by atoms with van der Waals surface area (Å²) in [5.41, 5.74) is 4.14. The topological polar surface area (TPSA) is 53.4 Å². The van der Waals surface area contributed by atoms with Crippen molar-refractivity contribution in [1.82, 2.24) is 14.9 Å². The Labute approximate surface area is 154 Å². The molecule has 1 fully saturated rings. The number of anilines is 2. The number of aromatic nitrogens is 2. The van der Waals surface area contributed by atoms with Gasteiger partial charge < -0.3 is 19.7 Å². The lowest BCUT2D eigenvalue weighted by Crippen LogP contribution is -2.47. The molecule has 1 aromatic heterocycles. The standard InChI is InChI=1S/C20H27N5O/c1-23-10-7-16-12-15(5-6-18(16)23)13-22-17-4-3-9-25(14-17)19-20(26)24(2)11-8-21-19/h5-6,8,11-12,17,22H,3-4,7,9-10,13-14H2,1-2H3/t17-/m0/s1. The molecule has 0 bridgehead atoms. The molecule has 26 heavy (non-hydrogen) atoms. The molecule has 0 saturated carbocycles. The van der Waals surface area contributed by atoms with Gasteiger partial charge in [-0.25, -0.2) is 4.98 Å². The van der Waals surface area contributed by atoms with Gasteiger partial charge in [0, 0.05) is 64.4 Å². The van der Waals surface area contributed by atoms with Crippen LogP contribution in [0, 0.1) is 0 Å². The number of fused-ring (bicyclic) bond motifs is 1. The first-order valence-electron chi connectivity index (χ1n) is 9.45. The molecule has 3 heterocycles. The van der Waals surface area contributed by atoms with Crippen molar-refractivity contribution >= 4 is 11.5 Å². The SMILES string of the molecule is CN1CCc2cc(CN[C@H]3CCCN(c4nccn(C)c4=O)C3)ccc21. The van der Waals surface area contributed by atoms with Crippen LogP contribution in [0.25, 0.3) is 0 Å². The monoisotopic (exact) mass is 353 g/mol. The maximum atomic E-state index is 12.3. The normalized spacial score (nSPS) is 19.7. The number of benzene rings is 1. The van der Waals surface area contributed by atoms with E-state index in [-0.39, 0.29) is 5.56 Å². The zero-order chi connectivity index (χ0) is 18.1. The van der Waals surface area contributed by atoms with E-state index in [1.807, 2.05) is 0 Å². The third-order valence-corrected chi connectivity index (χ3v) is 5.59. The van der Waals surface area contributed by atoms with Crippen molar-refractivity contribution in [3.05, 3.63) is 52.1 Å². The number of rotatable bonds is 4. The number of nitrogens with one attached hydrogen (secondary N) is 1. The third kappa shape index (κ3) is 3.33. The van der Waals surface area contributed by atoms with Crippen LogP contribution in [-0.4, -0.2) is 42.3 Å². The predicted octanol–water partition coefficient (Wildman–Crippen LogP) is 1.53. The predicted molar refractivity (Wildman–Crippen MR) is 105 cm³/mol. The van der Waals surface area contributed by atoms with E-state index >= 15 is 0 Å². The molecule has 6 heteroatoms. The number of likely N-dealkylation sites (N-methyl/N-ethyl adjacent to an activating group) is 1. The first-order chi connectivity index (χ1) is 12.6. The Hall–Kier alpha value is -2.34. The van der Waals surface area contributed by atoms with Crippen molar-refractivity contribution in [3.63, 3.8) is 0 Å². The molecule has 1 saturated heterocycles. The summed E-state index contributed by atoms with van der Waals surface area (Å²) in [6.07, 6.45) is 6.76. The molecular formula is C20H27N5O. The molecule has 2 aliphatic heterocycles. The van der Waals surface area contributed by atoms with Gasteiger partial charge in [-0.1, -0.05) is 12.1 Å². The van der Waals surface area contributed by atoms with Crippen molar-refractivity contribution in [2.75, 3.05) is 36.5 Å². The number of hydrogen-bond donors (Lipinski definition) is 1. The van der Waals surface area contributed by atoms with Crippen molar-refractivity contribution in [3.8, 4) is 0 Å². The third-order valence-electron chi connectivity index (χ3n) is 5.59. The van der Waals surface area contributed by atoms with Crippen LogP contribution in [0.5, 0.6) is 0 Å². The van der Waals surface area contributed by atoms with E-state index in [9.17, 15) is 4.79 Å². The van der Waals surface area contributed by atoms with Crippen LogP contribution in [0.15, 0.2) is 35.4 Å². The quantitative estimate of drug-likeness (QED) is 0.903. The van der Waals surface area contributed by atoms with Crippen LogP contribution in [0.3, 0.4) is 0 Å². The van der Waals surface area contributed by atoms with E-state index < -0.39 is 0 Å². The number of aryl methyl sites for hydroxylation is 1. The lowest BCUT2D eigenvalue weighted by atomic mass is 10.0. The van der Waals surface area contributed by atoms with Gasteiger partial charge in [-0.15, -0.1) is 0 Å². The van der Waals surface area contributed by atoms with Gasteiger partial charge >= 0.3 is 0 Å². The Morgan fingerprint density at radius 3 is 3.04 bits per heavy atom. The summed E-state index contributed by atoms with van der Waals surface area (Å²) in [4.78, 5) is 21.1. The van der Waals surface area contributed by atoms with E-state index in [0.717, 1.165) is 45.4 Å². The Morgan fingerprint density at radius 2 is 2.15 bits per heavy atom. The summed E-state index contributed by atoms with van der Waals surface area (Å²) < 4.78 is 1.60. The molecular weight excluding hydrogens is 326 g/mol. The second-order valence-corrected chi connectivity index (χ2v) is 7.47. The Bertz CT molecular complexity index is 846. The molecule has 0 amide bonds. The van der Waals surface area contributed by atoms with E-state index in [2.05, 4.69) is 45.3 Å². The van der Waals surface area contributed by atoms with Gasteiger partial charge in [0.15, 0.2) is 5.82 Å². The molecule has 0 spiro atoms. The molecule has 2 aliphatic rings. The lowest BCUT2D eigenvalue weighted by Gasteiger charge is -2.33. The molecule has 1 atom stereocenters. The van der Waals surface area contributed by atoms with Gasteiger partial charge in [0.05, 0.1) is 0 Å². The van der Waals surface area contributed by atoms with Gasteiger partial charge in [0.1, 0.15) is 0 Å². The molecule has 0 unspecified atom stereocenters. The highest BCUT2D eigenvalue weighted by atomic mass is 16.1. The van der Waals surface area contributed by atoms with Crippen molar-refractivity contribution < 1.29 is 0 Å². The Morgan fingerprint density at radius 1 is 1.27 bits per heavy atom. The summed E-state index contributed by atoms with van der Waals surface area (Å²) in [7, 11) is 3.93. The number of nitrogens with zero attached hydrogens (tertiary/aromatic N) is 4. The molecule has 4 rings (SSSR count). The van der Waals surface area contributed by atoms with Crippen molar-refractivity contribution in [1.29, 1.82) is 0 Å². The van der Waals surface area contributed by atoms with E-state index in [1.165, 1.54) is 16.8 Å². The minimum absolute atomic E-state index is 0.0177. The average Bonchev–Trinajstić information content (AvgIpc) is 3.03. The highest BCUT2D eigenvalue weighted by Crippen LogP contribution is 2.27. The average molecular weight is 353 g/mol. The minimum atomic E-state index is -0.0177. The summed E-state index contributed by atoms with van der Waals surface area (Å²) >= 11 is 0. The second kappa shape index (κ2) is 7.11. The Kier molecular flexibility index (Phi) is 4.68. The zero-order valence-electron chi connectivity index (χ0n) is 15.6. The fourth-order valence-corrected chi connectivity index (χ4v) is 4.03. The highest BCUT2D eigenvalue weighted by Gasteiger charge is 2.23. The maximum Gasteiger partial charge on any atom is 0.293 e. The summed E-state index contributed by atoms with van der Waals surface area (Å²) in [6.45, 7) is 3.72. The maximum absolute atomic E-state index is 12.3. The smallest absolute Gasteiger partial charge is 0.293 e. The molecule has 2 aromatic rings. The first-order valence-corrected chi connectivity index (χ1v) is 9.45. The van der Waals surface area contributed by atoms with Gasteiger partial charge in [-0.2, -0.15) is 0 Å². The van der Waals surface area contributed by atoms with E-state index in [0.29, 0.717) is 11.9 Å². The summed E-state index contributed by atoms with van der Waals surface area (Å²) in [5, 5.41) is 3.68. The highest BCUT2D eigenvalue weighted by molar-refractivity contribution is 5.58. The number of piperidine rings is 1. The van der Waals surface area contributed by atoms with Gasteiger partial charge in [0.25, 0.3) is 5.56 Å². The van der Waals surface area contributed by atoms with Gasteiger partial charge in [0.2, 0.25) is 0 Å². The number of hydrogen-bond acceptors (Lipinski definition) is 5. The van der Waals surface area contributed by atoms with E-state index in [4.69, 9.17) is 0 Å². The van der Waals surface area contributed by atoms with Crippen LogP contribution >= 0.6 is 0 Å². The molecule has 0 radical (unpaired) electrons. The van der Waals surface area contributed by atoms with Crippen molar-refractivity contribution in [2.45, 2.75) is 31.8 Å². The molecule has 0 aliphatic carbocycles. The first kappa shape index (κ1) is 17.1. The summed E-state index contributed by atoms with van der Waals surface area (Å²) in [5.74, 6) is 0.571. The summed E-state index contributed by atoms with van der Waals surface area (Å²) in [6, 6.07) is 7.18. The molecule has 138 valence electrons. The van der Waals surface area contributed by atoms with Crippen LogP contribution in [0.2, 0.25) is 0 Å². The van der Waals surface area contributed by atoms with Crippen LogP contribution in [0.4, 0.5) is 11.5 Å². The fraction of sp³-hybridized carbons (Fsp3) is 0.500. The molecule has 1 aromatic carbocycles. The second-order valence-electron chi connectivity index (χ2n) is 7.47. The Balaban J connectivity index is 1.40. The zero-order valence-corrected chi connectivity index (χ0v) is 15.6. The van der Waals surface area contributed by atoms with Crippen LogP contribution < -0.4 is 20.7 Å². The fourth-order valence-electron chi connectivity index (χ4n) is 4.03. The largest absolute Gasteiger partial charge is 0.374 e. The molecule has 1 N–H and O–H groups in total. The molecule has 6 nitrogen and oxygen atoms in total.